The lowest BCUT2D eigenvalue weighted by Crippen LogP contribution is -2.34. The van der Waals surface area contributed by atoms with E-state index in [2.05, 4.69) is 5.32 Å². The Bertz CT molecular complexity index is 840. The Labute approximate surface area is 147 Å². The number of carbonyl (C=O) groups excluding carboxylic acids is 1. The van der Waals surface area contributed by atoms with Gasteiger partial charge in [-0.05, 0) is 42.2 Å². The molecule has 0 bridgehead atoms. The van der Waals surface area contributed by atoms with E-state index in [-0.39, 0.29) is 12.1 Å². The first-order valence-electron chi connectivity index (χ1n) is 8.01. The molecule has 0 aliphatic heterocycles. The summed E-state index contributed by atoms with van der Waals surface area (Å²) in [4.78, 5) is 23.7. The molecule has 1 fully saturated rings. The van der Waals surface area contributed by atoms with E-state index in [4.69, 9.17) is 5.11 Å². The SMILES string of the molecule is O=C(NCC1(C(=O)O)CC1)c1ccccc1-c1ccc(C(F)(F)F)cc1. The van der Waals surface area contributed by atoms with Crippen LogP contribution in [0.25, 0.3) is 11.1 Å². The molecule has 0 unspecified atom stereocenters. The van der Waals surface area contributed by atoms with Crippen molar-refractivity contribution >= 4 is 11.9 Å². The Balaban J connectivity index is 1.82. The highest BCUT2D eigenvalue weighted by atomic mass is 19.4. The molecule has 1 aliphatic carbocycles. The third kappa shape index (κ3) is 3.56. The van der Waals surface area contributed by atoms with Gasteiger partial charge in [0, 0.05) is 12.1 Å². The van der Waals surface area contributed by atoms with E-state index >= 15 is 0 Å². The summed E-state index contributed by atoms with van der Waals surface area (Å²) in [7, 11) is 0. The van der Waals surface area contributed by atoms with E-state index in [1.54, 1.807) is 24.3 Å². The zero-order valence-corrected chi connectivity index (χ0v) is 13.6. The van der Waals surface area contributed by atoms with E-state index in [0.717, 1.165) is 12.1 Å². The Kier molecular flexibility index (Phi) is 4.48. The van der Waals surface area contributed by atoms with Gasteiger partial charge in [-0.25, -0.2) is 0 Å². The van der Waals surface area contributed by atoms with Crippen LogP contribution in [0.3, 0.4) is 0 Å². The van der Waals surface area contributed by atoms with Crippen molar-refractivity contribution in [3.63, 3.8) is 0 Å². The fourth-order valence-corrected chi connectivity index (χ4v) is 2.73. The molecule has 1 saturated carbocycles. The molecule has 7 heteroatoms. The van der Waals surface area contributed by atoms with Crippen LogP contribution in [0, 0.1) is 5.41 Å². The molecule has 0 aromatic heterocycles. The molecule has 2 N–H and O–H groups in total. The van der Waals surface area contributed by atoms with E-state index in [1.165, 1.54) is 12.1 Å². The summed E-state index contributed by atoms with van der Waals surface area (Å²) in [5.74, 6) is -1.39. The number of carboxylic acids is 1. The summed E-state index contributed by atoms with van der Waals surface area (Å²) >= 11 is 0. The zero-order valence-electron chi connectivity index (χ0n) is 13.6. The van der Waals surface area contributed by atoms with Crippen molar-refractivity contribution in [2.24, 2.45) is 5.41 Å². The molecular formula is C19H16F3NO3. The van der Waals surface area contributed by atoms with E-state index in [9.17, 15) is 22.8 Å². The van der Waals surface area contributed by atoms with Crippen molar-refractivity contribution < 1.29 is 27.9 Å². The lowest BCUT2D eigenvalue weighted by atomic mass is 9.98. The summed E-state index contributed by atoms with van der Waals surface area (Å²) in [6.45, 7) is 0.0303. The quantitative estimate of drug-likeness (QED) is 0.845. The summed E-state index contributed by atoms with van der Waals surface area (Å²) < 4.78 is 38.1. The average Bonchev–Trinajstić information content (AvgIpc) is 3.40. The molecule has 3 rings (SSSR count). The van der Waals surface area contributed by atoms with Crippen LogP contribution in [0.15, 0.2) is 48.5 Å². The van der Waals surface area contributed by atoms with Crippen LogP contribution >= 0.6 is 0 Å². The number of rotatable bonds is 5. The van der Waals surface area contributed by atoms with Gasteiger partial charge in [0.2, 0.25) is 0 Å². The molecule has 0 saturated heterocycles. The number of benzene rings is 2. The molecule has 1 aliphatic rings. The van der Waals surface area contributed by atoms with Crippen molar-refractivity contribution in [1.82, 2.24) is 5.32 Å². The van der Waals surface area contributed by atoms with Gasteiger partial charge in [0.05, 0.1) is 11.0 Å². The largest absolute Gasteiger partial charge is 0.481 e. The van der Waals surface area contributed by atoms with Gasteiger partial charge in [-0.3, -0.25) is 9.59 Å². The van der Waals surface area contributed by atoms with E-state index in [0.29, 0.717) is 24.0 Å². The highest BCUT2D eigenvalue weighted by Gasteiger charge is 2.50. The summed E-state index contributed by atoms with van der Waals surface area (Å²) in [5, 5.41) is 11.8. The van der Waals surface area contributed by atoms with Crippen molar-refractivity contribution in [2.75, 3.05) is 6.54 Å². The first kappa shape index (κ1) is 18.0. The number of halogens is 3. The number of nitrogens with one attached hydrogen (secondary N) is 1. The maximum absolute atomic E-state index is 12.7. The topological polar surface area (TPSA) is 66.4 Å². The summed E-state index contributed by atoms with van der Waals surface area (Å²) in [5.41, 5.74) is -0.408. The van der Waals surface area contributed by atoms with Gasteiger partial charge in [0.15, 0.2) is 0 Å². The van der Waals surface area contributed by atoms with Gasteiger partial charge < -0.3 is 10.4 Å². The van der Waals surface area contributed by atoms with Gasteiger partial charge in [-0.15, -0.1) is 0 Å². The normalized spacial score (nSPS) is 15.3. The molecule has 0 radical (unpaired) electrons. The molecule has 2 aromatic rings. The van der Waals surface area contributed by atoms with Crippen molar-refractivity contribution in [2.45, 2.75) is 19.0 Å². The van der Waals surface area contributed by atoms with Crippen molar-refractivity contribution in [3.05, 3.63) is 59.7 Å². The second kappa shape index (κ2) is 6.48. The molecule has 0 atom stereocenters. The minimum absolute atomic E-state index is 0.0303. The molecule has 0 heterocycles. The van der Waals surface area contributed by atoms with E-state index < -0.39 is 29.0 Å². The molecule has 136 valence electrons. The van der Waals surface area contributed by atoms with Crippen LogP contribution in [0.2, 0.25) is 0 Å². The molecule has 26 heavy (non-hydrogen) atoms. The average molecular weight is 363 g/mol. The van der Waals surface area contributed by atoms with Gasteiger partial charge in [0.25, 0.3) is 5.91 Å². The number of aliphatic carboxylic acids is 1. The number of amides is 1. The van der Waals surface area contributed by atoms with Crippen LogP contribution in [-0.2, 0) is 11.0 Å². The van der Waals surface area contributed by atoms with Gasteiger partial charge in [-0.1, -0.05) is 30.3 Å². The Morgan fingerprint density at radius 1 is 1.04 bits per heavy atom. The van der Waals surface area contributed by atoms with Crippen LogP contribution in [-0.4, -0.2) is 23.5 Å². The molecule has 0 spiro atoms. The Morgan fingerprint density at radius 2 is 1.65 bits per heavy atom. The standard InChI is InChI=1S/C19H16F3NO3/c20-19(21,22)13-7-5-12(6-8-13)14-3-1-2-4-15(14)16(24)23-11-18(9-10-18)17(25)26/h1-8H,9-11H2,(H,23,24)(H,25,26). The van der Waals surface area contributed by atoms with Crippen LogP contribution in [0.5, 0.6) is 0 Å². The lowest BCUT2D eigenvalue weighted by Gasteiger charge is -2.14. The summed E-state index contributed by atoms with van der Waals surface area (Å²) in [6, 6.07) is 11.1. The van der Waals surface area contributed by atoms with Gasteiger partial charge >= 0.3 is 12.1 Å². The van der Waals surface area contributed by atoms with Gasteiger partial charge in [-0.2, -0.15) is 13.2 Å². The monoisotopic (exact) mass is 363 g/mol. The molecule has 4 nitrogen and oxygen atoms in total. The molecule has 1 amide bonds. The Hall–Kier alpha value is -2.83. The second-order valence-electron chi connectivity index (χ2n) is 6.39. The second-order valence-corrected chi connectivity index (χ2v) is 6.39. The van der Waals surface area contributed by atoms with Crippen molar-refractivity contribution in [1.29, 1.82) is 0 Å². The maximum atomic E-state index is 12.7. The van der Waals surface area contributed by atoms with Crippen LogP contribution in [0.4, 0.5) is 13.2 Å². The number of hydrogen-bond donors (Lipinski definition) is 2. The number of carboxylic acid groups (broad SMARTS) is 1. The minimum atomic E-state index is -4.43. The zero-order chi connectivity index (χ0) is 18.9. The van der Waals surface area contributed by atoms with Crippen molar-refractivity contribution in [3.8, 4) is 11.1 Å². The van der Waals surface area contributed by atoms with Gasteiger partial charge in [0.1, 0.15) is 0 Å². The minimum Gasteiger partial charge on any atom is -0.481 e. The van der Waals surface area contributed by atoms with Crippen LogP contribution < -0.4 is 5.32 Å². The predicted molar refractivity (Wildman–Crippen MR) is 88.5 cm³/mol. The third-order valence-electron chi connectivity index (χ3n) is 4.59. The number of hydrogen-bond acceptors (Lipinski definition) is 2. The summed E-state index contributed by atoms with van der Waals surface area (Å²) in [6.07, 6.45) is -3.39. The predicted octanol–water partition coefficient (Wildman–Crippen LogP) is 3.97. The smallest absolute Gasteiger partial charge is 0.416 e. The third-order valence-corrected chi connectivity index (χ3v) is 4.59. The first-order chi connectivity index (χ1) is 12.2. The fourth-order valence-electron chi connectivity index (χ4n) is 2.73. The van der Waals surface area contributed by atoms with E-state index in [1.807, 2.05) is 0 Å². The highest BCUT2D eigenvalue weighted by Crippen LogP contribution is 2.45. The fraction of sp³-hybridized carbons (Fsp3) is 0.263. The lowest BCUT2D eigenvalue weighted by molar-refractivity contribution is -0.143. The Morgan fingerprint density at radius 3 is 2.19 bits per heavy atom. The molecule has 2 aromatic carbocycles. The van der Waals surface area contributed by atoms with Crippen LogP contribution in [0.1, 0.15) is 28.8 Å². The first-order valence-corrected chi connectivity index (χ1v) is 8.01. The number of alkyl halides is 3. The highest BCUT2D eigenvalue weighted by molar-refractivity contribution is 6.01. The maximum Gasteiger partial charge on any atom is 0.416 e. The number of carbonyl (C=O) groups is 2. The molecular weight excluding hydrogens is 347 g/mol.